The number of piperidine rings is 1. The van der Waals surface area contributed by atoms with Crippen molar-refractivity contribution >= 4 is 5.82 Å². The number of aromatic amines is 1. The minimum absolute atomic E-state index is 0.00582. The molecule has 1 saturated heterocycles. The van der Waals surface area contributed by atoms with Crippen LogP contribution < -0.4 is 10.5 Å². The molecule has 2 aromatic heterocycles. The zero-order valence-corrected chi connectivity index (χ0v) is 16.3. The van der Waals surface area contributed by atoms with E-state index in [9.17, 15) is 10.1 Å². The van der Waals surface area contributed by atoms with Gasteiger partial charge >= 0.3 is 0 Å². The number of hydrogen-bond acceptors (Lipinski definition) is 5. The minimum Gasteiger partial charge on any atom is -0.355 e. The van der Waals surface area contributed by atoms with Gasteiger partial charge in [0, 0.05) is 29.8 Å². The molecular formula is C22H25N5O. The molecule has 0 radical (unpaired) electrons. The Hall–Kier alpha value is -2.68. The molecule has 0 atom stereocenters. The van der Waals surface area contributed by atoms with Crippen LogP contribution in [-0.4, -0.2) is 28.0 Å². The number of anilines is 1. The van der Waals surface area contributed by atoms with E-state index in [-0.39, 0.29) is 11.0 Å². The van der Waals surface area contributed by atoms with E-state index in [1.165, 1.54) is 24.1 Å². The first-order chi connectivity index (χ1) is 13.6. The fourth-order valence-electron chi connectivity index (χ4n) is 5.34. The van der Waals surface area contributed by atoms with Gasteiger partial charge in [-0.15, -0.1) is 0 Å². The summed E-state index contributed by atoms with van der Waals surface area (Å²) in [4.78, 5) is 27.1. The highest BCUT2D eigenvalue weighted by atomic mass is 16.1. The number of nitrogens with zero attached hydrogens (tertiary/aromatic N) is 4. The first kappa shape index (κ1) is 17.4. The van der Waals surface area contributed by atoms with E-state index in [4.69, 9.17) is 9.97 Å². The Balaban J connectivity index is 1.44. The summed E-state index contributed by atoms with van der Waals surface area (Å²) in [7, 11) is 0. The van der Waals surface area contributed by atoms with Gasteiger partial charge in [0.25, 0.3) is 5.56 Å². The predicted octanol–water partition coefficient (Wildman–Crippen LogP) is 2.71. The predicted molar refractivity (Wildman–Crippen MR) is 107 cm³/mol. The molecule has 2 aromatic rings. The molecule has 5 rings (SSSR count). The number of aryl methyl sites for hydroxylation is 3. The maximum Gasteiger partial charge on any atom is 0.254 e. The van der Waals surface area contributed by atoms with Gasteiger partial charge in [0.15, 0.2) is 0 Å². The van der Waals surface area contributed by atoms with Gasteiger partial charge in [0.1, 0.15) is 17.7 Å². The Bertz CT molecular complexity index is 1040. The van der Waals surface area contributed by atoms with Crippen LogP contribution in [0.2, 0.25) is 0 Å². The average molecular weight is 375 g/mol. The fraction of sp³-hybridized carbons (Fsp3) is 0.545. The highest BCUT2D eigenvalue weighted by molar-refractivity contribution is 5.57. The van der Waals surface area contributed by atoms with Gasteiger partial charge in [0.05, 0.1) is 11.3 Å². The topological polar surface area (TPSA) is 85.7 Å². The van der Waals surface area contributed by atoms with Gasteiger partial charge in [-0.1, -0.05) is 0 Å². The molecule has 3 aliphatic rings. The highest BCUT2D eigenvalue weighted by Gasteiger charge is 2.44. The normalized spacial score (nSPS) is 19.9. The second-order valence-electron chi connectivity index (χ2n) is 8.53. The van der Waals surface area contributed by atoms with E-state index < -0.39 is 0 Å². The van der Waals surface area contributed by atoms with Crippen molar-refractivity contribution in [1.29, 1.82) is 5.26 Å². The Morgan fingerprint density at radius 2 is 1.93 bits per heavy atom. The van der Waals surface area contributed by atoms with E-state index >= 15 is 0 Å². The smallest absolute Gasteiger partial charge is 0.254 e. The standard InChI is InChI=1S/C22H25N5O/c1-14-24-19-17(21(28)25-14)6-7-22(19)8-10-27(11-9-22)20-16(13-23)12-15-4-2-3-5-18(15)26-20/h12H,2-11H2,1H3,(H,24,25,28). The lowest BCUT2D eigenvalue weighted by Crippen LogP contribution is -2.43. The molecule has 2 aliphatic carbocycles. The first-order valence-corrected chi connectivity index (χ1v) is 10.4. The van der Waals surface area contributed by atoms with Crippen LogP contribution in [0.15, 0.2) is 10.9 Å². The molecule has 0 bridgehead atoms. The lowest BCUT2D eigenvalue weighted by atomic mass is 9.76. The number of nitrogens with one attached hydrogen (secondary N) is 1. The number of H-pyrrole nitrogens is 1. The van der Waals surface area contributed by atoms with E-state index in [2.05, 4.69) is 22.0 Å². The summed E-state index contributed by atoms with van der Waals surface area (Å²) in [6.45, 7) is 3.57. The number of rotatable bonds is 1. The third-order valence-corrected chi connectivity index (χ3v) is 6.91. The van der Waals surface area contributed by atoms with E-state index in [0.717, 1.165) is 68.7 Å². The largest absolute Gasteiger partial charge is 0.355 e. The van der Waals surface area contributed by atoms with Crippen molar-refractivity contribution in [3.05, 3.63) is 50.3 Å². The molecule has 0 unspecified atom stereocenters. The summed E-state index contributed by atoms with van der Waals surface area (Å²) in [6.07, 6.45) is 8.17. The molecule has 6 heteroatoms. The molecule has 0 amide bonds. The zero-order valence-electron chi connectivity index (χ0n) is 16.3. The molecule has 1 N–H and O–H groups in total. The summed E-state index contributed by atoms with van der Waals surface area (Å²) in [6, 6.07) is 4.44. The quantitative estimate of drug-likeness (QED) is 0.828. The number of hydrogen-bond donors (Lipinski definition) is 1. The third kappa shape index (κ3) is 2.64. The number of pyridine rings is 1. The number of nitriles is 1. The van der Waals surface area contributed by atoms with Crippen LogP contribution in [0.25, 0.3) is 0 Å². The van der Waals surface area contributed by atoms with E-state index in [1.54, 1.807) is 0 Å². The average Bonchev–Trinajstić information content (AvgIpc) is 3.06. The molecule has 144 valence electrons. The summed E-state index contributed by atoms with van der Waals surface area (Å²) in [5.74, 6) is 1.56. The van der Waals surface area contributed by atoms with Gasteiger partial charge in [-0.05, 0) is 69.9 Å². The van der Waals surface area contributed by atoms with Crippen molar-refractivity contribution < 1.29 is 0 Å². The van der Waals surface area contributed by atoms with Crippen molar-refractivity contribution in [1.82, 2.24) is 15.0 Å². The summed E-state index contributed by atoms with van der Waals surface area (Å²) in [5, 5.41) is 9.68. The zero-order chi connectivity index (χ0) is 19.3. The molecule has 1 fully saturated rings. The molecule has 1 spiro atoms. The Morgan fingerprint density at radius 1 is 1.14 bits per heavy atom. The van der Waals surface area contributed by atoms with Gasteiger partial charge in [-0.25, -0.2) is 9.97 Å². The maximum absolute atomic E-state index is 12.3. The molecule has 1 aliphatic heterocycles. The van der Waals surface area contributed by atoms with Crippen molar-refractivity contribution in [3.8, 4) is 6.07 Å². The summed E-state index contributed by atoms with van der Waals surface area (Å²) >= 11 is 0. The molecule has 28 heavy (non-hydrogen) atoms. The van der Waals surface area contributed by atoms with Gasteiger partial charge in [0.2, 0.25) is 0 Å². The van der Waals surface area contributed by atoms with Crippen LogP contribution in [0.3, 0.4) is 0 Å². The monoisotopic (exact) mass is 375 g/mol. The van der Waals surface area contributed by atoms with E-state index in [1.807, 2.05) is 6.92 Å². The van der Waals surface area contributed by atoms with Crippen molar-refractivity contribution in [3.63, 3.8) is 0 Å². The second kappa shape index (κ2) is 6.44. The molecule has 3 heterocycles. The van der Waals surface area contributed by atoms with Crippen LogP contribution in [0, 0.1) is 18.3 Å². The van der Waals surface area contributed by atoms with Crippen molar-refractivity contribution in [2.75, 3.05) is 18.0 Å². The van der Waals surface area contributed by atoms with Crippen molar-refractivity contribution in [2.24, 2.45) is 0 Å². The van der Waals surface area contributed by atoms with Crippen molar-refractivity contribution in [2.45, 2.75) is 63.7 Å². The lowest BCUT2D eigenvalue weighted by Gasteiger charge is -2.40. The highest BCUT2D eigenvalue weighted by Crippen LogP contribution is 2.45. The first-order valence-electron chi connectivity index (χ1n) is 10.4. The van der Waals surface area contributed by atoms with Gasteiger partial charge in [-0.2, -0.15) is 5.26 Å². The number of fused-ring (bicyclic) bond motifs is 3. The summed E-state index contributed by atoms with van der Waals surface area (Å²) < 4.78 is 0. The maximum atomic E-state index is 12.3. The van der Waals surface area contributed by atoms with Crippen LogP contribution >= 0.6 is 0 Å². The Morgan fingerprint density at radius 3 is 2.71 bits per heavy atom. The van der Waals surface area contributed by atoms with Crippen LogP contribution in [-0.2, 0) is 24.7 Å². The van der Waals surface area contributed by atoms with Gasteiger partial charge in [-0.3, -0.25) is 4.79 Å². The molecule has 0 saturated carbocycles. The number of aromatic nitrogens is 3. The Labute approximate surface area is 164 Å². The van der Waals surface area contributed by atoms with E-state index in [0.29, 0.717) is 11.4 Å². The second-order valence-corrected chi connectivity index (χ2v) is 8.53. The van der Waals surface area contributed by atoms with Gasteiger partial charge < -0.3 is 9.88 Å². The SMILES string of the molecule is Cc1nc2c(c(=O)[nH]1)CCC21CCN(c2nc3c(cc2C#N)CCCC3)CC1. The summed E-state index contributed by atoms with van der Waals surface area (Å²) in [5.41, 5.74) is 5.07. The molecular weight excluding hydrogens is 350 g/mol. The Kier molecular flexibility index (Phi) is 4.01. The fourth-order valence-corrected chi connectivity index (χ4v) is 5.34. The molecule has 6 nitrogen and oxygen atoms in total. The lowest BCUT2D eigenvalue weighted by molar-refractivity contribution is 0.321. The van der Waals surface area contributed by atoms with Crippen LogP contribution in [0.1, 0.15) is 66.0 Å². The van der Waals surface area contributed by atoms with Crippen LogP contribution in [0.4, 0.5) is 5.82 Å². The molecule has 0 aromatic carbocycles. The third-order valence-electron chi connectivity index (χ3n) is 6.91. The van der Waals surface area contributed by atoms with Crippen LogP contribution in [0.5, 0.6) is 0 Å². The minimum atomic E-state index is 0.00582.